The monoisotopic (exact) mass is 619 g/mol. The number of imidazole rings is 1. The summed E-state index contributed by atoms with van der Waals surface area (Å²) in [4.78, 5) is 17.9. The Bertz CT molecular complexity index is 1490. The van der Waals surface area contributed by atoms with Crippen LogP contribution in [0, 0.1) is 6.92 Å². The fourth-order valence-electron chi connectivity index (χ4n) is 4.44. The molecule has 0 radical (unpaired) electrons. The SMILES string of the molecule is Cc1c(C(=O)NC2CCC(O)CC2)nc(-c2ccc(Cl)cc2Cl)n1-c1ccc(OS(=O)(=O)CCC(F)(F)F)cc1. The molecule has 0 saturated heterocycles. The molecule has 1 amide bonds. The van der Waals surface area contributed by atoms with Crippen LogP contribution in [0.2, 0.25) is 10.0 Å². The second-order valence-corrected chi connectivity index (χ2v) is 12.0. The van der Waals surface area contributed by atoms with E-state index in [9.17, 15) is 31.5 Å². The number of carbonyl (C=O) groups excluding carboxylic acids is 1. The third kappa shape index (κ3) is 7.48. The molecule has 40 heavy (non-hydrogen) atoms. The third-order valence-corrected chi connectivity index (χ3v) is 8.18. The van der Waals surface area contributed by atoms with E-state index in [1.54, 1.807) is 23.6 Å². The highest BCUT2D eigenvalue weighted by Gasteiger charge is 2.31. The number of alkyl halides is 3. The van der Waals surface area contributed by atoms with E-state index < -0.39 is 34.4 Å². The van der Waals surface area contributed by atoms with Crippen LogP contribution in [0.25, 0.3) is 17.1 Å². The number of hydrogen-bond acceptors (Lipinski definition) is 6. The molecule has 1 aliphatic carbocycles. The number of aromatic nitrogens is 2. The van der Waals surface area contributed by atoms with Crippen molar-refractivity contribution >= 4 is 39.2 Å². The topological polar surface area (TPSA) is 111 Å². The largest absolute Gasteiger partial charge is 0.393 e. The van der Waals surface area contributed by atoms with E-state index in [0.29, 0.717) is 53.5 Å². The first-order valence-corrected chi connectivity index (χ1v) is 14.7. The first kappa shape index (κ1) is 30.2. The molecule has 216 valence electrons. The number of carbonyl (C=O) groups is 1. The Kier molecular flexibility index (Phi) is 9.03. The van der Waals surface area contributed by atoms with Crippen molar-refractivity contribution < 1.29 is 35.7 Å². The number of rotatable bonds is 8. The van der Waals surface area contributed by atoms with Gasteiger partial charge in [-0.25, -0.2) is 4.98 Å². The summed E-state index contributed by atoms with van der Waals surface area (Å²) in [6, 6.07) is 10.2. The highest BCUT2D eigenvalue weighted by molar-refractivity contribution is 7.87. The summed E-state index contributed by atoms with van der Waals surface area (Å²) in [5.41, 5.74) is 1.54. The molecule has 1 saturated carbocycles. The van der Waals surface area contributed by atoms with Crippen molar-refractivity contribution in [3.63, 3.8) is 0 Å². The summed E-state index contributed by atoms with van der Waals surface area (Å²) < 4.78 is 67.8. The molecule has 3 aromatic rings. The quantitative estimate of drug-likeness (QED) is 0.306. The van der Waals surface area contributed by atoms with Crippen LogP contribution in [0.3, 0.4) is 0 Å². The molecule has 0 unspecified atom stereocenters. The fraction of sp³-hybridized carbons (Fsp3) is 0.385. The molecule has 1 aromatic heterocycles. The zero-order chi connectivity index (χ0) is 29.2. The van der Waals surface area contributed by atoms with Crippen molar-refractivity contribution in [1.82, 2.24) is 14.9 Å². The lowest BCUT2D eigenvalue weighted by Crippen LogP contribution is -2.39. The minimum absolute atomic E-state index is 0.112. The van der Waals surface area contributed by atoms with E-state index >= 15 is 0 Å². The zero-order valence-electron chi connectivity index (χ0n) is 21.2. The number of hydrogen-bond donors (Lipinski definition) is 2. The van der Waals surface area contributed by atoms with E-state index in [0.717, 1.165) is 0 Å². The summed E-state index contributed by atoms with van der Waals surface area (Å²) in [5.74, 6) is -1.47. The Morgan fingerprint density at radius 3 is 2.38 bits per heavy atom. The standard InChI is InChI=1S/C26H26Cl2F3N3O5S/c1-15-23(25(36)32-17-3-7-19(35)8-4-17)33-24(21-11-2-16(27)14-22(21)28)34(15)18-5-9-20(10-6-18)39-40(37,38)13-12-26(29,30)31/h2,5-6,9-11,14,17,19,35H,3-4,7-8,12-13H2,1H3,(H,32,36). The molecule has 0 aliphatic heterocycles. The maximum atomic E-state index is 13.3. The molecule has 8 nitrogen and oxygen atoms in total. The molecule has 2 aromatic carbocycles. The van der Waals surface area contributed by atoms with Crippen molar-refractivity contribution in [1.29, 1.82) is 0 Å². The average Bonchev–Trinajstić information content (AvgIpc) is 3.21. The predicted molar refractivity (Wildman–Crippen MR) is 145 cm³/mol. The van der Waals surface area contributed by atoms with Crippen LogP contribution in [-0.2, 0) is 10.1 Å². The van der Waals surface area contributed by atoms with Crippen molar-refractivity contribution in [3.8, 4) is 22.8 Å². The normalized spacial score (nSPS) is 18.0. The smallest absolute Gasteiger partial charge is 0.390 e. The minimum Gasteiger partial charge on any atom is -0.393 e. The average molecular weight is 620 g/mol. The van der Waals surface area contributed by atoms with Gasteiger partial charge in [-0.05, 0) is 75.1 Å². The van der Waals surface area contributed by atoms with E-state index in [2.05, 4.69) is 10.3 Å². The van der Waals surface area contributed by atoms with Gasteiger partial charge in [0.05, 0.1) is 29.0 Å². The van der Waals surface area contributed by atoms with Gasteiger partial charge in [0.25, 0.3) is 5.91 Å². The molecule has 0 bridgehead atoms. The maximum absolute atomic E-state index is 13.3. The van der Waals surface area contributed by atoms with Crippen LogP contribution in [0.5, 0.6) is 5.75 Å². The van der Waals surface area contributed by atoms with Gasteiger partial charge in [-0.3, -0.25) is 9.36 Å². The second kappa shape index (κ2) is 12.0. The van der Waals surface area contributed by atoms with Gasteiger partial charge >= 0.3 is 16.3 Å². The number of benzene rings is 2. The summed E-state index contributed by atoms with van der Waals surface area (Å²) in [6.07, 6.45) is -4.10. The summed E-state index contributed by atoms with van der Waals surface area (Å²) in [5, 5.41) is 13.4. The molecular formula is C26H26Cl2F3N3O5S. The van der Waals surface area contributed by atoms with Crippen LogP contribution in [-0.4, -0.2) is 53.1 Å². The molecule has 2 N–H and O–H groups in total. The molecule has 0 atom stereocenters. The van der Waals surface area contributed by atoms with E-state index in [-0.39, 0.29) is 28.6 Å². The number of nitrogens with zero attached hydrogens (tertiary/aromatic N) is 2. The number of aliphatic hydroxyl groups excluding tert-OH is 1. The Morgan fingerprint density at radius 2 is 1.77 bits per heavy atom. The van der Waals surface area contributed by atoms with Crippen LogP contribution in [0.4, 0.5) is 13.2 Å². The highest BCUT2D eigenvalue weighted by Crippen LogP contribution is 2.34. The van der Waals surface area contributed by atoms with Crippen LogP contribution < -0.4 is 9.50 Å². The van der Waals surface area contributed by atoms with Gasteiger partial charge in [-0.1, -0.05) is 23.2 Å². The lowest BCUT2D eigenvalue weighted by atomic mass is 9.93. The Hall–Kier alpha value is -2.80. The van der Waals surface area contributed by atoms with Gasteiger partial charge in [-0.15, -0.1) is 0 Å². The summed E-state index contributed by atoms with van der Waals surface area (Å²) >= 11 is 12.5. The molecular weight excluding hydrogens is 594 g/mol. The van der Waals surface area contributed by atoms with Gasteiger partial charge in [0.1, 0.15) is 17.3 Å². The summed E-state index contributed by atoms with van der Waals surface area (Å²) in [7, 11) is -4.48. The minimum atomic E-state index is -4.64. The van der Waals surface area contributed by atoms with Crippen molar-refractivity contribution in [2.75, 3.05) is 5.75 Å². The number of aliphatic hydroxyl groups is 1. The Labute approximate surface area is 239 Å². The predicted octanol–water partition coefficient (Wildman–Crippen LogP) is 5.85. The first-order valence-electron chi connectivity index (χ1n) is 12.4. The van der Waals surface area contributed by atoms with Crippen molar-refractivity contribution in [3.05, 3.63) is 63.9 Å². The lowest BCUT2D eigenvalue weighted by molar-refractivity contribution is -0.130. The second-order valence-electron chi connectivity index (χ2n) is 9.51. The third-order valence-electron chi connectivity index (χ3n) is 6.48. The van der Waals surface area contributed by atoms with Crippen molar-refractivity contribution in [2.24, 2.45) is 0 Å². The van der Waals surface area contributed by atoms with E-state index in [1.807, 2.05) is 0 Å². The first-order chi connectivity index (χ1) is 18.7. The van der Waals surface area contributed by atoms with Gasteiger partial charge in [-0.2, -0.15) is 21.6 Å². The zero-order valence-corrected chi connectivity index (χ0v) is 23.5. The number of halogens is 5. The molecule has 1 aliphatic rings. The van der Waals surface area contributed by atoms with Gasteiger partial charge in [0.15, 0.2) is 0 Å². The molecule has 0 spiro atoms. The number of nitrogens with one attached hydrogen (secondary N) is 1. The van der Waals surface area contributed by atoms with Gasteiger partial charge < -0.3 is 14.6 Å². The van der Waals surface area contributed by atoms with Crippen molar-refractivity contribution in [2.45, 2.75) is 57.3 Å². The molecule has 14 heteroatoms. The van der Waals surface area contributed by atoms with Crippen LogP contribution >= 0.6 is 23.2 Å². The molecule has 1 heterocycles. The fourth-order valence-corrected chi connectivity index (χ4v) is 5.90. The van der Waals surface area contributed by atoms with Gasteiger partial charge in [0.2, 0.25) is 0 Å². The summed E-state index contributed by atoms with van der Waals surface area (Å²) in [6.45, 7) is 1.69. The van der Waals surface area contributed by atoms with E-state index in [1.165, 1.54) is 30.3 Å². The Morgan fingerprint density at radius 1 is 1.12 bits per heavy atom. The maximum Gasteiger partial charge on any atom is 0.390 e. The number of amides is 1. The van der Waals surface area contributed by atoms with Gasteiger partial charge in [0, 0.05) is 22.3 Å². The molecule has 4 rings (SSSR count). The Balaban J connectivity index is 1.67. The highest BCUT2D eigenvalue weighted by atomic mass is 35.5. The van der Waals surface area contributed by atoms with Crippen LogP contribution in [0.15, 0.2) is 42.5 Å². The lowest BCUT2D eigenvalue weighted by Gasteiger charge is -2.25. The molecule has 1 fully saturated rings. The van der Waals surface area contributed by atoms with Crippen LogP contribution in [0.1, 0.15) is 48.3 Å². The van der Waals surface area contributed by atoms with E-state index in [4.69, 9.17) is 27.4 Å².